The second-order valence-electron chi connectivity index (χ2n) is 4.86. The Morgan fingerprint density at radius 3 is 2.94 bits per heavy atom. The van der Waals surface area contributed by atoms with E-state index in [1.807, 2.05) is 0 Å². The maximum Gasteiger partial charge on any atom is 0.00582 e. The molecular weight excluding hydrogens is 246 g/mol. The van der Waals surface area contributed by atoms with E-state index < -0.39 is 0 Å². The summed E-state index contributed by atoms with van der Waals surface area (Å²) in [4.78, 5) is 0. The zero-order valence-corrected chi connectivity index (χ0v) is 12.1. The molecule has 1 saturated carbocycles. The number of thiophene rings is 1. The number of hydrogen-bond acceptors (Lipinski definition) is 3. The van der Waals surface area contributed by atoms with Gasteiger partial charge in [0.15, 0.2) is 0 Å². The SMILES string of the molecule is c1cc(CCNCCSCC2CCCC2)cs1. The first-order valence-corrected chi connectivity index (χ1v) is 8.84. The Bertz CT molecular complexity index is 278. The van der Waals surface area contributed by atoms with Crippen LogP contribution in [0.4, 0.5) is 0 Å². The van der Waals surface area contributed by atoms with Crippen molar-refractivity contribution in [2.45, 2.75) is 32.1 Å². The summed E-state index contributed by atoms with van der Waals surface area (Å²) in [7, 11) is 0. The third kappa shape index (κ3) is 5.45. The van der Waals surface area contributed by atoms with Crippen LogP contribution in [0.1, 0.15) is 31.2 Å². The molecule has 1 aliphatic carbocycles. The summed E-state index contributed by atoms with van der Waals surface area (Å²) in [5, 5.41) is 7.94. The van der Waals surface area contributed by atoms with Crippen LogP contribution in [0.2, 0.25) is 0 Å². The lowest BCUT2D eigenvalue weighted by atomic mass is 10.1. The van der Waals surface area contributed by atoms with Crippen LogP contribution < -0.4 is 5.32 Å². The van der Waals surface area contributed by atoms with Crippen LogP contribution in [-0.4, -0.2) is 24.6 Å². The summed E-state index contributed by atoms with van der Waals surface area (Å²) in [5.41, 5.74) is 1.47. The molecule has 0 unspecified atom stereocenters. The van der Waals surface area contributed by atoms with Crippen LogP contribution in [0.15, 0.2) is 16.8 Å². The van der Waals surface area contributed by atoms with E-state index in [0.29, 0.717) is 0 Å². The number of rotatable bonds is 8. The minimum absolute atomic E-state index is 1.03. The van der Waals surface area contributed by atoms with Crippen molar-refractivity contribution < 1.29 is 0 Å². The van der Waals surface area contributed by atoms with Crippen LogP contribution >= 0.6 is 23.1 Å². The van der Waals surface area contributed by atoms with Gasteiger partial charge in [-0.1, -0.05) is 12.8 Å². The van der Waals surface area contributed by atoms with E-state index in [1.165, 1.54) is 55.7 Å². The van der Waals surface area contributed by atoms with Crippen molar-refractivity contribution in [1.29, 1.82) is 0 Å². The number of thioether (sulfide) groups is 1. The van der Waals surface area contributed by atoms with Crippen LogP contribution in [-0.2, 0) is 6.42 Å². The third-order valence-electron chi connectivity index (χ3n) is 3.42. The highest BCUT2D eigenvalue weighted by atomic mass is 32.2. The second kappa shape index (κ2) is 8.17. The summed E-state index contributed by atoms with van der Waals surface area (Å²) in [6.07, 6.45) is 7.10. The van der Waals surface area contributed by atoms with Crippen molar-refractivity contribution in [3.63, 3.8) is 0 Å². The summed E-state index contributed by atoms with van der Waals surface area (Å²) < 4.78 is 0. The molecule has 17 heavy (non-hydrogen) atoms. The molecule has 1 N–H and O–H groups in total. The highest BCUT2D eigenvalue weighted by molar-refractivity contribution is 7.99. The van der Waals surface area contributed by atoms with Gasteiger partial charge >= 0.3 is 0 Å². The van der Waals surface area contributed by atoms with Gasteiger partial charge in [0.25, 0.3) is 0 Å². The maximum atomic E-state index is 3.53. The second-order valence-corrected chi connectivity index (χ2v) is 6.79. The minimum atomic E-state index is 1.03. The lowest BCUT2D eigenvalue weighted by Crippen LogP contribution is -2.20. The van der Waals surface area contributed by atoms with E-state index >= 15 is 0 Å². The Labute approximate surface area is 113 Å². The topological polar surface area (TPSA) is 12.0 Å². The molecule has 1 nitrogen and oxygen atoms in total. The molecule has 0 spiro atoms. The summed E-state index contributed by atoms with van der Waals surface area (Å²) in [6.45, 7) is 2.29. The smallest absolute Gasteiger partial charge is 0.00582 e. The molecule has 1 fully saturated rings. The monoisotopic (exact) mass is 269 g/mol. The average molecular weight is 269 g/mol. The largest absolute Gasteiger partial charge is 0.316 e. The van der Waals surface area contributed by atoms with Crippen LogP contribution in [0.5, 0.6) is 0 Å². The summed E-state index contributed by atoms with van der Waals surface area (Å²) >= 11 is 3.93. The van der Waals surface area contributed by atoms with Gasteiger partial charge in [-0.3, -0.25) is 0 Å². The zero-order valence-electron chi connectivity index (χ0n) is 10.5. The minimum Gasteiger partial charge on any atom is -0.316 e. The molecule has 0 aromatic carbocycles. The van der Waals surface area contributed by atoms with E-state index in [-0.39, 0.29) is 0 Å². The van der Waals surface area contributed by atoms with E-state index in [9.17, 15) is 0 Å². The van der Waals surface area contributed by atoms with Gasteiger partial charge in [-0.25, -0.2) is 0 Å². The number of nitrogens with one attached hydrogen (secondary N) is 1. The van der Waals surface area contributed by atoms with Gasteiger partial charge < -0.3 is 5.32 Å². The molecule has 0 amide bonds. The molecule has 0 bridgehead atoms. The van der Waals surface area contributed by atoms with Crippen molar-refractivity contribution >= 4 is 23.1 Å². The molecule has 0 aliphatic heterocycles. The van der Waals surface area contributed by atoms with Gasteiger partial charge in [0.05, 0.1) is 0 Å². The summed E-state index contributed by atoms with van der Waals surface area (Å²) in [6, 6.07) is 2.22. The molecule has 2 rings (SSSR count). The molecule has 1 aromatic heterocycles. The van der Waals surface area contributed by atoms with Crippen molar-refractivity contribution in [3.05, 3.63) is 22.4 Å². The van der Waals surface area contributed by atoms with Crippen molar-refractivity contribution in [3.8, 4) is 0 Å². The lowest BCUT2D eigenvalue weighted by molar-refractivity contribution is 0.622. The maximum absolute atomic E-state index is 3.53. The Morgan fingerprint density at radius 2 is 2.18 bits per heavy atom. The van der Waals surface area contributed by atoms with E-state index in [4.69, 9.17) is 0 Å². The van der Waals surface area contributed by atoms with Crippen LogP contribution in [0.3, 0.4) is 0 Å². The van der Waals surface area contributed by atoms with Gasteiger partial charge in [0.1, 0.15) is 0 Å². The first-order chi connectivity index (χ1) is 8.45. The Morgan fingerprint density at radius 1 is 1.29 bits per heavy atom. The normalized spacial score (nSPS) is 16.7. The van der Waals surface area contributed by atoms with E-state index in [2.05, 4.69) is 33.9 Å². The lowest BCUT2D eigenvalue weighted by Gasteiger charge is -2.08. The molecule has 0 atom stereocenters. The fourth-order valence-corrected chi connectivity index (χ4v) is 4.19. The van der Waals surface area contributed by atoms with Gasteiger partial charge in [-0.2, -0.15) is 23.1 Å². The fraction of sp³-hybridized carbons (Fsp3) is 0.714. The summed E-state index contributed by atoms with van der Waals surface area (Å²) in [5.74, 6) is 3.71. The van der Waals surface area contributed by atoms with Gasteiger partial charge in [-0.15, -0.1) is 0 Å². The molecule has 3 heteroatoms. The molecule has 1 aromatic rings. The highest BCUT2D eigenvalue weighted by Crippen LogP contribution is 2.27. The molecule has 1 aliphatic rings. The fourth-order valence-electron chi connectivity index (χ4n) is 2.36. The van der Waals surface area contributed by atoms with Gasteiger partial charge in [0.2, 0.25) is 0 Å². The zero-order chi connectivity index (χ0) is 11.8. The standard InChI is InChI=1S/C14H23NS2/c1-2-4-13(3-1)11-17-10-8-15-7-5-14-6-9-16-12-14/h6,9,12-13,15H,1-5,7-8,10-11H2. The van der Waals surface area contributed by atoms with Crippen LogP contribution in [0, 0.1) is 5.92 Å². The predicted molar refractivity (Wildman–Crippen MR) is 80.2 cm³/mol. The Balaban J connectivity index is 1.39. The van der Waals surface area contributed by atoms with Gasteiger partial charge in [0, 0.05) is 12.3 Å². The molecule has 1 heterocycles. The van der Waals surface area contributed by atoms with Crippen molar-refractivity contribution in [1.82, 2.24) is 5.32 Å². The van der Waals surface area contributed by atoms with Crippen LogP contribution in [0.25, 0.3) is 0 Å². The van der Waals surface area contributed by atoms with Crippen molar-refractivity contribution in [2.24, 2.45) is 5.92 Å². The molecular formula is C14H23NS2. The molecule has 96 valence electrons. The Hall–Kier alpha value is 0.01000. The van der Waals surface area contributed by atoms with Gasteiger partial charge in [-0.05, 0) is 59.9 Å². The number of hydrogen-bond donors (Lipinski definition) is 1. The molecule has 0 saturated heterocycles. The first kappa shape index (κ1) is 13.4. The van der Waals surface area contributed by atoms with E-state index in [0.717, 1.165) is 12.5 Å². The average Bonchev–Trinajstić information content (AvgIpc) is 3.00. The predicted octanol–water partition coefficient (Wildman–Crippen LogP) is 3.80. The molecule has 0 radical (unpaired) electrons. The third-order valence-corrected chi connectivity index (χ3v) is 5.35. The highest BCUT2D eigenvalue weighted by Gasteiger charge is 2.13. The first-order valence-electron chi connectivity index (χ1n) is 6.74. The quantitative estimate of drug-likeness (QED) is 0.720. The van der Waals surface area contributed by atoms with Crippen molar-refractivity contribution in [2.75, 3.05) is 24.6 Å². The van der Waals surface area contributed by atoms with E-state index in [1.54, 1.807) is 11.3 Å². The Kier molecular flexibility index (Phi) is 6.46.